The second-order valence-corrected chi connectivity index (χ2v) is 14.2. The van der Waals surface area contributed by atoms with Gasteiger partial charge in [-0.25, -0.2) is 0 Å². The number of nitrogens with two attached hydrogens (primary N) is 1. The molecule has 6 nitrogen and oxygen atoms in total. The summed E-state index contributed by atoms with van der Waals surface area (Å²) in [4.78, 5) is 35.7. The standard InChI is InChI=1S/C38H73NO5S/c1-3-5-7-9-11-13-15-17-19-21-23-25-27-29-37(41)43-32-36(34-45-33-35(39)31-40)44-38(42)30-28-26-24-22-20-18-16-14-12-10-8-6-4-2/h31,35-36H,3-30,32-34,39H2,1-2H3/t35?,36-/m1/s1. The number of esters is 2. The molecule has 0 spiro atoms. The van der Waals surface area contributed by atoms with Crippen LogP contribution in [0.2, 0.25) is 0 Å². The number of hydrogen-bond acceptors (Lipinski definition) is 7. The van der Waals surface area contributed by atoms with Gasteiger partial charge in [0.25, 0.3) is 0 Å². The molecule has 7 heteroatoms. The lowest BCUT2D eigenvalue weighted by Gasteiger charge is -2.18. The van der Waals surface area contributed by atoms with Crippen molar-refractivity contribution in [3.8, 4) is 0 Å². The van der Waals surface area contributed by atoms with E-state index in [1.165, 1.54) is 140 Å². The Labute approximate surface area is 282 Å². The molecule has 0 aromatic heterocycles. The summed E-state index contributed by atoms with van der Waals surface area (Å²) in [6, 6.07) is -0.546. The Morgan fingerprint density at radius 3 is 1.29 bits per heavy atom. The summed E-state index contributed by atoms with van der Waals surface area (Å²) in [6.45, 7) is 4.58. The van der Waals surface area contributed by atoms with Crippen molar-refractivity contribution < 1.29 is 23.9 Å². The fraction of sp³-hybridized carbons (Fsp3) is 0.921. The van der Waals surface area contributed by atoms with Crippen LogP contribution in [-0.2, 0) is 23.9 Å². The molecule has 0 radical (unpaired) electrons. The molecule has 0 aliphatic carbocycles. The summed E-state index contributed by atoms with van der Waals surface area (Å²) in [5, 5.41) is 0. The lowest BCUT2D eigenvalue weighted by Crippen LogP contribution is -2.29. The molecule has 0 rings (SSSR count). The lowest BCUT2D eigenvalue weighted by atomic mass is 10.0. The number of thioether (sulfide) groups is 1. The highest BCUT2D eigenvalue weighted by atomic mass is 32.2. The van der Waals surface area contributed by atoms with Crippen LogP contribution in [0.3, 0.4) is 0 Å². The van der Waals surface area contributed by atoms with E-state index in [-0.39, 0.29) is 18.5 Å². The topological polar surface area (TPSA) is 95.7 Å². The highest BCUT2D eigenvalue weighted by Gasteiger charge is 2.18. The van der Waals surface area contributed by atoms with E-state index in [2.05, 4.69) is 13.8 Å². The first kappa shape index (κ1) is 43.9. The summed E-state index contributed by atoms with van der Waals surface area (Å²) in [5.41, 5.74) is 5.70. The quantitative estimate of drug-likeness (QED) is 0.0407. The van der Waals surface area contributed by atoms with Gasteiger partial charge in [-0.15, -0.1) is 0 Å². The zero-order chi connectivity index (χ0) is 33.1. The van der Waals surface area contributed by atoms with Crippen LogP contribution in [0.15, 0.2) is 0 Å². The van der Waals surface area contributed by atoms with Gasteiger partial charge in [-0.1, -0.05) is 168 Å². The third-order valence-electron chi connectivity index (χ3n) is 8.49. The van der Waals surface area contributed by atoms with E-state index in [0.29, 0.717) is 24.3 Å². The Morgan fingerprint density at radius 2 is 0.911 bits per heavy atom. The molecular formula is C38H73NO5S. The van der Waals surface area contributed by atoms with Crippen molar-refractivity contribution >= 4 is 30.0 Å². The van der Waals surface area contributed by atoms with E-state index in [4.69, 9.17) is 15.2 Å². The molecule has 0 saturated heterocycles. The lowest BCUT2D eigenvalue weighted by molar-refractivity contribution is -0.157. The van der Waals surface area contributed by atoms with Gasteiger partial charge in [0.15, 0.2) is 0 Å². The molecule has 45 heavy (non-hydrogen) atoms. The normalized spacial score (nSPS) is 12.6. The van der Waals surface area contributed by atoms with Gasteiger partial charge in [0.2, 0.25) is 0 Å². The van der Waals surface area contributed by atoms with Crippen molar-refractivity contribution in [2.45, 2.75) is 206 Å². The highest BCUT2D eigenvalue weighted by molar-refractivity contribution is 7.99. The van der Waals surface area contributed by atoms with Crippen LogP contribution in [0.1, 0.15) is 194 Å². The van der Waals surface area contributed by atoms with Crippen LogP contribution < -0.4 is 5.73 Å². The van der Waals surface area contributed by atoms with Crippen LogP contribution in [-0.4, -0.2) is 48.5 Å². The molecule has 1 unspecified atom stereocenters. The van der Waals surface area contributed by atoms with Gasteiger partial charge in [-0.2, -0.15) is 11.8 Å². The summed E-state index contributed by atoms with van der Waals surface area (Å²) < 4.78 is 11.2. The molecule has 0 saturated carbocycles. The smallest absolute Gasteiger partial charge is 0.306 e. The number of rotatable bonds is 36. The fourth-order valence-corrected chi connectivity index (χ4v) is 6.48. The van der Waals surface area contributed by atoms with Crippen molar-refractivity contribution in [3.63, 3.8) is 0 Å². The van der Waals surface area contributed by atoms with Crippen molar-refractivity contribution in [3.05, 3.63) is 0 Å². The second-order valence-electron chi connectivity index (χ2n) is 13.1. The predicted octanol–water partition coefficient (Wildman–Crippen LogP) is 10.7. The molecule has 0 bridgehead atoms. The Balaban J connectivity index is 3.98. The van der Waals surface area contributed by atoms with Gasteiger partial charge < -0.3 is 20.0 Å². The first-order valence-corrected chi connectivity index (χ1v) is 20.3. The van der Waals surface area contributed by atoms with Crippen LogP contribution in [0.25, 0.3) is 0 Å². The molecule has 0 fully saturated rings. The van der Waals surface area contributed by atoms with E-state index >= 15 is 0 Å². The van der Waals surface area contributed by atoms with Crippen LogP contribution >= 0.6 is 11.8 Å². The molecule has 2 atom stereocenters. The summed E-state index contributed by atoms with van der Waals surface area (Å²) in [5.74, 6) is 0.433. The van der Waals surface area contributed by atoms with E-state index in [1.807, 2.05) is 0 Å². The van der Waals surface area contributed by atoms with Gasteiger partial charge in [-0.05, 0) is 12.8 Å². The average molecular weight is 656 g/mol. The monoisotopic (exact) mass is 656 g/mol. The van der Waals surface area contributed by atoms with Crippen molar-refractivity contribution in [1.82, 2.24) is 0 Å². The van der Waals surface area contributed by atoms with Crippen LogP contribution in [0, 0.1) is 0 Å². The maximum absolute atomic E-state index is 12.5. The number of ether oxygens (including phenoxy) is 2. The fourth-order valence-electron chi connectivity index (χ4n) is 5.57. The second kappa shape index (κ2) is 35.8. The van der Waals surface area contributed by atoms with Crippen molar-refractivity contribution in [2.24, 2.45) is 5.73 Å². The van der Waals surface area contributed by atoms with Crippen molar-refractivity contribution in [2.75, 3.05) is 18.1 Å². The van der Waals surface area contributed by atoms with Gasteiger partial charge in [0.05, 0.1) is 6.04 Å². The number of hydrogen-bond donors (Lipinski definition) is 1. The minimum atomic E-state index is -0.546. The molecule has 0 aromatic rings. The maximum Gasteiger partial charge on any atom is 0.306 e. The molecule has 0 aromatic carbocycles. The van der Waals surface area contributed by atoms with Gasteiger partial charge in [0.1, 0.15) is 19.0 Å². The molecule has 0 aliphatic rings. The van der Waals surface area contributed by atoms with E-state index in [9.17, 15) is 14.4 Å². The average Bonchev–Trinajstić information content (AvgIpc) is 3.04. The summed E-state index contributed by atoms with van der Waals surface area (Å²) in [7, 11) is 0. The highest BCUT2D eigenvalue weighted by Crippen LogP contribution is 2.16. The molecule has 2 N–H and O–H groups in total. The number of carbonyl (C=O) groups is 3. The zero-order valence-electron chi connectivity index (χ0n) is 29.7. The van der Waals surface area contributed by atoms with Gasteiger partial charge in [0, 0.05) is 24.3 Å². The minimum absolute atomic E-state index is 0.0605. The molecule has 266 valence electrons. The Hall–Kier alpha value is -1.08. The largest absolute Gasteiger partial charge is 0.462 e. The minimum Gasteiger partial charge on any atom is -0.462 e. The van der Waals surface area contributed by atoms with Gasteiger partial charge in [-0.3, -0.25) is 9.59 Å². The summed E-state index contributed by atoms with van der Waals surface area (Å²) >= 11 is 1.45. The number of unbranched alkanes of at least 4 members (excludes halogenated alkanes) is 24. The third-order valence-corrected chi connectivity index (χ3v) is 9.71. The van der Waals surface area contributed by atoms with Crippen LogP contribution in [0.5, 0.6) is 0 Å². The molecular weight excluding hydrogens is 582 g/mol. The number of carbonyl (C=O) groups excluding carboxylic acids is 3. The SMILES string of the molecule is CCCCCCCCCCCCCCCC(=O)OC[C@H](CSCC(N)C=O)OC(=O)CCCCCCCCCCCCCCC. The molecule has 0 aliphatic heterocycles. The van der Waals surface area contributed by atoms with E-state index < -0.39 is 12.1 Å². The van der Waals surface area contributed by atoms with E-state index in [0.717, 1.165) is 44.8 Å². The Bertz CT molecular complexity index is 662. The zero-order valence-corrected chi connectivity index (χ0v) is 30.5. The third kappa shape index (κ3) is 34.1. The molecule has 0 heterocycles. The van der Waals surface area contributed by atoms with Gasteiger partial charge >= 0.3 is 11.9 Å². The number of aldehydes is 1. The first-order chi connectivity index (χ1) is 22.0. The maximum atomic E-state index is 12.5. The first-order valence-electron chi connectivity index (χ1n) is 19.2. The summed E-state index contributed by atoms with van der Waals surface area (Å²) in [6.07, 6.45) is 33.9. The molecule has 0 amide bonds. The van der Waals surface area contributed by atoms with Crippen molar-refractivity contribution in [1.29, 1.82) is 0 Å². The Kier molecular flexibility index (Phi) is 34.9. The predicted molar refractivity (Wildman–Crippen MR) is 193 cm³/mol. The van der Waals surface area contributed by atoms with Crippen LogP contribution in [0.4, 0.5) is 0 Å². The van der Waals surface area contributed by atoms with E-state index in [1.54, 1.807) is 0 Å². The Morgan fingerprint density at radius 1 is 0.556 bits per heavy atom.